The molecule has 0 saturated heterocycles. The summed E-state index contributed by atoms with van der Waals surface area (Å²) in [6, 6.07) is -0.580. The predicted octanol–water partition coefficient (Wildman–Crippen LogP) is 5.99. The first-order valence-electron chi connectivity index (χ1n) is 14.3. The molecule has 0 aliphatic heterocycles. The van der Waals surface area contributed by atoms with Crippen LogP contribution in [0.5, 0.6) is 0 Å². The summed E-state index contributed by atoms with van der Waals surface area (Å²) in [4.78, 5) is 23.2. The molecule has 218 valence electrons. The Morgan fingerprint density at radius 2 is 1.34 bits per heavy atom. The monoisotopic (exact) mass is 536 g/mol. The number of carboxylic acids is 1. The van der Waals surface area contributed by atoms with E-state index in [4.69, 9.17) is 9.47 Å². The van der Waals surface area contributed by atoms with E-state index < -0.39 is 18.1 Å². The molecule has 0 heterocycles. The first-order valence-corrected chi connectivity index (χ1v) is 14.3. The van der Waals surface area contributed by atoms with Crippen molar-refractivity contribution in [3.8, 4) is 0 Å². The van der Waals surface area contributed by atoms with Crippen LogP contribution in [-0.4, -0.2) is 79.7 Å². The van der Waals surface area contributed by atoms with Gasteiger partial charge in [-0.1, -0.05) is 87.6 Å². The first kappa shape index (κ1) is 35.8. The Bertz CT molecular complexity index is 720. The molecule has 0 spiro atoms. The fraction of sp³-hybridized carbons (Fsp3) is 0.677. The van der Waals surface area contributed by atoms with E-state index in [2.05, 4.69) is 43.4 Å². The van der Waals surface area contributed by atoms with Crippen molar-refractivity contribution in [2.75, 3.05) is 41.0 Å². The van der Waals surface area contributed by atoms with Crippen molar-refractivity contribution in [1.82, 2.24) is 0 Å². The summed E-state index contributed by atoms with van der Waals surface area (Å²) in [5.74, 6) is -1.18. The zero-order valence-corrected chi connectivity index (χ0v) is 24.4. The Morgan fingerprint density at radius 3 is 1.92 bits per heavy atom. The number of nitrogens with zero attached hydrogens (tertiary/aromatic N) is 1. The highest BCUT2D eigenvalue weighted by Gasteiger charge is 2.30. The second kappa shape index (κ2) is 23.9. The number of unbranched alkanes of at least 4 members (excludes halogenated alkanes) is 8. The number of allylic oxidation sites excluding steroid dienone is 8. The van der Waals surface area contributed by atoms with Crippen molar-refractivity contribution >= 4 is 11.9 Å². The zero-order chi connectivity index (χ0) is 28.5. The number of esters is 1. The van der Waals surface area contributed by atoms with Gasteiger partial charge in [0.05, 0.1) is 34.4 Å². The topological polar surface area (TPSA) is 93.1 Å². The zero-order valence-electron chi connectivity index (χ0n) is 24.4. The van der Waals surface area contributed by atoms with Crippen LogP contribution < -0.4 is 0 Å². The summed E-state index contributed by atoms with van der Waals surface area (Å²) in [5, 5.41) is 19.2. The molecular weight excluding hydrogens is 482 g/mol. The molecule has 0 saturated carbocycles. The van der Waals surface area contributed by atoms with Crippen LogP contribution in [0.15, 0.2) is 48.6 Å². The van der Waals surface area contributed by atoms with Crippen LogP contribution in [0, 0.1) is 0 Å². The number of aliphatic hydroxyl groups excluding tert-OH is 1. The standard InChI is InChI=1S/C31H53NO6/c1-5-6-7-8-9-10-11-12-13-14-15-16-17-18-19-20-21-22-23-30(34)38-27-28(33)26-37-25-24-29(31(35)36)32(2,3)4/h9-16,28-29,33H,5-8,17-27H2,1-4H3/p+1/b10-9+,12-11+,14-13+,16-15+. The summed E-state index contributed by atoms with van der Waals surface area (Å²) in [5.41, 5.74) is 0. The molecule has 2 unspecified atom stereocenters. The summed E-state index contributed by atoms with van der Waals surface area (Å²) < 4.78 is 10.8. The molecule has 7 nitrogen and oxygen atoms in total. The highest BCUT2D eigenvalue weighted by molar-refractivity contribution is 5.72. The lowest BCUT2D eigenvalue weighted by Gasteiger charge is -2.31. The molecule has 0 aromatic heterocycles. The molecule has 7 heteroatoms. The van der Waals surface area contributed by atoms with Crippen molar-refractivity contribution in [1.29, 1.82) is 0 Å². The second-order valence-electron chi connectivity index (χ2n) is 10.6. The smallest absolute Gasteiger partial charge is 0.362 e. The third-order valence-electron chi connectivity index (χ3n) is 6.06. The summed E-state index contributed by atoms with van der Waals surface area (Å²) in [6.07, 6.45) is 27.8. The molecule has 0 bridgehead atoms. The van der Waals surface area contributed by atoms with E-state index in [0.717, 1.165) is 44.9 Å². The van der Waals surface area contributed by atoms with Gasteiger partial charge >= 0.3 is 11.9 Å². The van der Waals surface area contributed by atoms with Gasteiger partial charge in [-0.2, -0.15) is 0 Å². The number of aliphatic hydroxyl groups is 1. The van der Waals surface area contributed by atoms with Crippen molar-refractivity contribution in [3.63, 3.8) is 0 Å². The van der Waals surface area contributed by atoms with E-state index in [9.17, 15) is 19.8 Å². The van der Waals surface area contributed by atoms with Crippen LogP contribution in [0.2, 0.25) is 0 Å². The maximum atomic E-state index is 11.9. The largest absolute Gasteiger partial charge is 0.477 e. The van der Waals surface area contributed by atoms with Crippen molar-refractivity contribution in [2.24, 2.45) is 0 Å². The lowest BCUT2D eigenvalue weighted by atomic mass is 10.1. The third-order valence-corrected chi connectivity index (χ3v) is 6.06. The Hall–Kier alpha value is -2.22. The fourth-order valence-corrected chi connectivity index (χ4v) is 3.75. The van der Waals surface area contributed by atoms with Gasteiger partial charge in [-0.15, -0.1) is 0 Å². The van der Waals surface area contributed by atoms with Crippen LogP contribution in [-0.2, 0) is 19.1 Å². The van der Waals surface area contributed by atoms with Gasteiger partial charge in [0.1, 0.15) is 12.7 Å². The van der Waals surface area contributed by atoms with Crippen molar-refractivity contribution in [3.05, 3.63) is 48.6 Å². The maximum absolute atomic E-state index is 11.9. The Kier molecular flexibility index (Phi) is 22.5. The van der Waals surface area contributed by atoms with Gasteiger partial charge in [-0.25, -0.2) is 4.79 Å². The number of likely N-dealkylation sites (N-methyl/N-ethyl adjacent to an activating group) is 1. The molecule has 0 aromatic carbocycles. The normalized spacial score (nSPS) is 14.2. The van der Waals surface area contributed by atoms with E-state index in [1.165, 1.54) is 19.3 Å². The summed E-state index contributed by atoms with van der Waals surface area (Å²) in [7, 11) is 5.46. The lowest BCUT2D eigenvalue weighted by Crippen LogP contribution is -2.50. The molecule has 0 fully saturated rings. The molecule has 0 aliphatic carbocycles. The molecule has 2 atom stereocenters. The molecule has 38 heavy (non-hydrogen) atoms. The number of hydrogen-bond acceptors (Lipinski definition) is 5. The van der Waals surface area contributed by atoms with E-state index in [1.807, 2.05) is 33.3 Å². The van der Waals surface area contributed by atoms with Gasteiger partial charge in [-0.3, -0.25) is 4.79 Å². The second-order valence-corrected chi connectivity index (χ2v) is 10.6. The minimum Gasteiger partial charge on any atom is -0.477 e. The van der Waals surface area contributed by atoms with E-state index in [-0.39, 0.29) is 25.8 Å². The van der Waals surface area contributed by atoms with Gasteiger partial charge in [-0.05, 0) is 32.1 Å². The minimum atomic E-state index is -0.914. The minimum absolute atomic E-state index is 0.00817. The number of ether oxygens (including phenoxy) is 2. The average Bonchev–Trinajstić information content (AvgIpc) is 2.85. The molecule has 0 radical (unpaired) electrons. The van der Waals surface area contributed by atoms with Gasteiger partial charge in [0.2, 0.25) is 0 Å². The Labute approximate surface area is 231 Å². The van der Waals surface area contributed by atoms with Crippen LogP contribution >= 0.6 is 0 Å². The molecule has 0 rings (SSSR count). The predicted molar refractivity (Wildman–Crippen MR) is 155 cm³/mol. The Balaban J connectivity index is 3.67. The van der Waals surface area contributed by atoms with Gasteiger partial charge < -0.3 is 24.2 Å². The van der Waals surface area contributed by atoms with E-state index in [1.54, 1.807) is 0 Å². The lowest BCUT2D eigenvalue weighted by molar-refractivity contribution is -0.887. The quantitative estimate of drug-likeness (QED) is 0.0681. The number of rotatable bonds is 24. The molecule has 0 aromatic rings. The SMILES string of the molecule is CCCCC/C=C/C=C/C=C/C=C/CCCCCCCC(=O)OCC(O)COCCC(C(=O)O)[N+](C)(C)C. The van der Waals surface area contributed by atoms with Gasteiger partial charge in [0.15, 0.2) is 6.04 Å². The molecule has 0 aliphatic rings. The molecule has 0 amide bonds. The Morgan fingerprint density at radius 1 is 0.789 bits per heavy atom. The molecular formula is C31H54NO6+. The molecule has 2 N–H and O–H groups in total. The maximum Gasteiger partial charge on any atom is 0.362 e. The third kappa shape index (κ3) is 22.9. The number of carbonyl (C=O) groups is 2. The van der Waals surface area contributed by atoms with Gasteiger partial charge in [0.25, 0.3) is 0 Å². The van der Waals surface area contributed by atoms with E-state index >= 15 is 0 Å². The number of aliphatic carboxylic acids is 1. The number of quaternary nitrogens is 1. The highest BCUT2D eigenvalue weighted by Crippen LogP contribution is 2.10. The highest BCUT2D eigenvalue weighted by atomic mass is 16.5. The fourth-order valence-electron chi connectivity index (χ4n) is 3.75. The summed E-state index contributed by atoms with van der Waals surface area (Å²) in [6.45, 7) is 2.34. The van der Waals surface area contributed by atoms with Crippen molar-refractivity contribution < 1.29 is 33.8 Å². The van der Waals surface area contributed by atoms with Crippen molar-refractivity contribution in [2.45, 2.75) is 96.1 Å². The van der Waals surface area contributed by atoms with Crippen LogP contribution in [0.3, 0.4) is 0 Å². The summed E-state index contributed by atoms with van der Waals surface area (Å²) >= 11 is 0. The first-order chi connectivity index (χ1) is 18.2. The van der Waals surface area contributed by atoms with Gasteiger partial charge in [0, 0.05) is 12.8 Å². The average molecular weight is 537 g/mol. The van der Waals surface area contributed by atoms with E-state index in [0.29, 0.717) is 17.3 Å². The number of carbonyl (C=O) groups excluding carboxylic acids is 1. The van der Waals surface area contributed by atoms with Crippen LogP contribution in [0.4, 0.5) is 0 Å². The number of carboxylic acid groups (broad SMARTS) is 1. The van der Waals surface area contributed by atoms with Crippen LogP contribution in [0.25, 0.3) is 0 Å². The van der Waals surface area contributed by atoms with Crippen LogP contribution in [0.1, 0.15) is 84.0 Å². The number of hydrogen-bond donors (Lipinski definition) is 2.